The molecule has 1 aromatic rings. The minimum atomic E-state index is -0.148. The Morgan fingerprint density at radius 3 is 2.79 bits per heavy atom. The SMILES string of the molecule is CNC1CC(CC(C)(C)OC)Oc2ccc(C)cc21. The van der Waals surface area contributed by atoms with Crippen LogP contribution in [0.25, 0.3) is 0 Å². The summed E-state index contributed by atoms with van der Waals surface area (Å²) in [6.45, 7) is 6.33. The second-order valence-electron chi connectivity index (χ2n) is 6.03. The van der Waals surface area contributed by atoms with Gasteiger partial charge in [-0.1, -0.05) is 17.7 Å². The molecule has 0 amide bonds. The number of benzene rings is 1. The van der Waals surface area contributed by atoms with Crippen molar-refractivity contribution in [3.8, 4) is 5.75 Å². The molecule has 0 bridgehead atoms. The summed E-state index contributed by atoms with van der Waals surface area (Å²) in [5.41, 5.74) is 2.40. The Morgan fingerprint density at radius 1 is 1.42 bits per heavy atom. The lowest BCUT2D eigenvalue weighted by Gasteiger charge is -2.36. The van der Waals surface area contributed by atoms with Crippen molar-refractivity contribution in [1.82, 2.24) is 5.32 Å². The average molecular weight is 263 g/mol. The number of ether oxygens (including phenoxy) is 2. The van der Waals surface area contributed by atoms with Gasteiger partial charge in [-0.15, -0.1) is 0 Å². The molecule has 19 heavy (non-hydrogen) atoms. The summed E-state index contributed by atoms with van der Waals surface area (Å²) in [5.74, 6) is 1.01. The second kappa shape index (κ2) is 5.51. The molecule has 0 aliphatic carbocycles. The van der Waals surface area contributed by atoms with Crippen LogP contribution in [-0.4, -0.2) is 25.9 Å². The lowest BCUT2D eigenvalue weighted by molar-refractivity contribution is -0.0203. The van der Waals surface area contributed by atoms with Gasteiger partial charge in [-0.2, -0.15) is 0 Å². The van der Waals surface area contributed by atoms with Gasteiger partial charge in [-0.25, -0.2) is 0 Å². The summed E-state index contributed by atoms with van der Waals surface area (Å²) in [6.07, 6.45) is 2.08. The van der Waals surface area contributed by atoms with Gasteiger partial charge in [-0.05, 0) is 33.9 Å². The van der Waals surface area contributed by atoms with Crippen LogP contribution in [0, 0.1) is 6.92 Å². The number of methoxy groups -OCH3 is 1. The van der Waals surface area contributed by atoms with Crippen molar-refractivity contribution in [3.05, 3.63) is 29.3 Å². The number of hydrogen-bond donors (Lipinski definition) is 1. The molecular weight excluding hydrogens is 238 g/mol. The van der Waals surface area contributed by atoms with E-state index in [1.165, 1.54) is 11.1 Å². The Labute approximate surface area is 116 Å². The van der Waals surface area contributed by atoms with Crippen molar-refractivity contribution < 1.29 is 9.47 Å². The topological polar surface area (TPSA) is 30.5 Å². The van der Waals surface area contributed by atoms with Crippen molar-refractivity contribution in [2.45, 2.75) is 51.4 Å². The Kier molecular flexibility index (Phi) is 4.16. The molecule has 2 rings (SSSR count). The smallest absolute Gasteiger partial charge is 0.124 e. The highest BCUT2D eigenvalue weighted by Crippen LogP contribution is 2.37. The van der Waals surface area contributed by atoms with Gasteiger partial charge in [-0.3, -0.25) is 0 Å². The van der Waals surface area contributed by atoms with Crippen molar-refractivity contribution in [2.24, 2.45) is 0 Å². The molecule has 106 valence electrons. The van der Waals surface area contributed by atoms with Crippen molar-refractivity contribution in [3.63, 3.8) is 0 Å². The molecule has 3 heteroatoms. The van der Waals surface area contributed by atoms with Crippen LogP contribution in [0.15, 0.2) is 18.2 Å². The fraction of sp³-hybridized carbons (Fsp3) is 0.625. The number of fused-ring (bicyclic) bond motifs is 1. The van der Waals surface area contributed by atoms with E-state index in [1.807, 2.05) is 7.05 Å². The number of rotatable bonds is 4. The van der Waals surface area contributed by atoms with E-state index >= 15 is 0 Å². The van der Waals surface area contributed by atoms with Gasteiger partial charge in [0.15, 0.2) is 0 Å². The van der Waals surface area contributed by atoms with E-state index in [4.69, 9.17) is 9.47 Å². The zero-order chi connectivity index (χ0) is 14.0. The highest BCUT2D eigenvalue weighted by molar-refractivity contribution is 5.40. The van der Waals surface area contributed by atoms with Gasteiger partial charge >= 0.3 is 0 Å². The summed E-state index contributed by atoms with van der Waals surface area (Å²) in [7, 11) is 3.77. The Morgan fingerprint density at radius 2 is 2.16 bits per heavy atom. The standard InChI is InChI=1S/C16H25NO2/c1-11-6-7-15-13(8-11)14(17-4)9-12(19-15)10-16(2,3)18-5/h6-8,12,14,17H,9-10H2,1-5H3. The Bertz CT molecular complexity index is 442. The number of aryl methyl sites for hydroxylation is 1. The summed E-state index contributed by atoms with van der Waals surface area (Å²) in [6, 6.07) is 6.77. The van der Waals surface area contributed by atoms with Crippen LogP contribution in [0.2, 0.25) is 0 Å². The van der Waals surface area contributed by atoms with Crippen LogP contribution in [0.5, 0.6) is 5.75 Å². The second-order valence-corrected chi connectivity index (χ2v) is 6.03. The summed E-state index contributed by atoms with van der Waals surface area (Å²) in [4.78, 5) is 0. The van der Waals surface area contributed by atoms with E-state index in [2.05, 4.69) is 44.3 Å². The lowest BCUT2D eigenvalue weighted by Crippen LogP contribution is -2.37. The largest absolute Gasteiger partial charge is 0.490 e. The molecule has 0 radical (unpaired) electrons. The zero-order valence-electron chi connectivity index (χ0n) is 12.6. The van der Waals surface area contributed by atoms with Crippen molar-refractivity contribution >= 4 is 0 Å². The fourth-order valence-corrected chi connectivity index (χ4v) is 2.70. The highest BCUT2D eigenvalue weighted by Gasteiger charge is 2.31. The van der Waals surface area contributed by atoms with Crippen LogP contribution in [-0.2, 0) is 4.74 Å². The van der Waals surface area contributed by atoms with E-state index in [0.717, 1.165) is 18.6 Å². The first-order valence-corrected chi connectivity index (χ1v) is 6.95. The van der Waals surface area contributed by atoms with E-state index in [-0.39, 0.29) is 11.7 Å². The van der Waals surface area contributed by atoms with E-state index in [1.54, 1.807) is 7.11 Å². The number of nitrogens with one attached hydrogen (secondary N) is 1. The van der Waals surface area contributed by atoms with Crippen LogP contribution in [0.4, 0.5) is 0 Å². The third-order valence-corrected chi connectivity index (χ3v) is 3.95. The zero-order valence-corrected chi connectivity index (χ0v) is 12.6. The number of hydrogen-bond acceptors (Lipinski definition) is 3. The summed E-state index contributed by atoms with van der Waals surface area (Å²) >= 11 is 0. The van der Waals surface area contributed by atoms with Gasteiger partial charge in [0.05, 0.1) is 5.60 Å². The van der Waals surface area contributed by atoms with Crippen molar-refractivity contribution in [2.75, 3.05) is 14.2 Å². The van der Waals surface area contributed by atoms with Gasteiger partial charge < -0.3 is 14.8 Å². The molecule has 1 heterocycles. The maximum atomic E-state index is 6.14. The minimum absolute atomic E-state index is 0.148. The molecule has 1 aliphatic rings. The van der Waals surface area contributed by atoms with Gasteiger partial charge in [0.1, 0.15) is 11.9 Å². The molecule has 1 N–H and O–H groups in total. The maximum absolute atomic E-state index is 6.14. The van der Waals surface area contributed by atoms with Gasteiger partial charge in [0, 0.05) is 31.6 Å². The third kappa shape index (κ3) is 3.28. The molecule has 2 atom stereocenters. The molecule has 0 spiro atoms. The van der Waals surface area contributed by atoms with Gasteiger partial charge in [0.2, 0.25) is 0 Å². The maximum Gasteiger partial charge on any atom is 0.124 e. The van der Waals surface area contributed by atoms with Crippen LogP contribution in [0.3, 0.4) is 0 Å². The Balaban J connectivity index is 2.20. The molecule has 0 fully saturated rings. The molecule has 1 aliphatic heterocycles. The van der Waals surface area contributed by atoms with E-state index < -0.39 is 0 Å². The average Bonchev–Trinajstić information content (AvgIpc) is 2.38. The molecular formula is C16H25NO2. The first-order chi connectivity index (χ1) is 8.95. The Hall–Kier alpha value is -1.06. The molecule has 0 saturated heterocycles. The van der Waals surface area contributed by atoms with Crippen molar-refractivity contribution in [1.29, 1.82) is 0 Å². The van der Waals surface area contributed by atoms with Crippen LogP contribution < -0.4 is 10.1 Å². The highest BCUT2D eigenvalue weighted by atomic mass is 16.5. The molecule has 1 aromatic carbocycles. The molecule has 3 nitrogen and oxygen atoms in total. The van der Waals surface area contributed by atoms with Gasteiger partial charge in [0.25, 0.3) is 0 Å². The van der Waals surface area contributed by atoms with E-state index in [9.17, 15) is 0 Å². The van der Waals surface area contributed by atoms with E-state index in [0.29, 0.717) is 6.04 Å². The molecule has 0 aromatic heterocycles. The fourth-order valence-electron chi connectivity index (χ4n) is 2.70. The first kappa shape index (κ1) is 14.4. The summed E-state index contributed by atoms with van der Waals surface area (Å²) in [5, 5.41) is 3.40. The van der Waals surface area contributed by atoms with Crippen LogP contribution >= 0.6 is 0 Å². The molecule has 0 saturated carbocycles. The first-order valence-electron chi connectivity index (χ1n) is 6.95. The predicted octanol–water partition coefficient (Wildman–Crippen LogP) is 3.22. The normalized spacial score (nSPS) is 22.8. The quantitative estimate of drug-likeness (QED) is 0.904. The third-order valence-electron chi connectivity index (χ3n) is 3.95. The van der Waals surface area contributed by atoms with Crippen LogP contribution in [0.1, 0.15) is 43.9 Å². The summed E-state index contributed by atoms with van der Waals surface area (Å²) < 4.78 is 11.7. The predicted molar refractivity (Wildman–Crippen MR) is 77.7 cm³/mol. The lowest BCUT2D eigenvalue weighted by atomic mass is 9.90. The minimum Gasteiger partial charge on any atom is -0.490 e. The molecule has 2 unspecified atom stereocenters. The monoisotopic (exact) mass is 263 g/mol.